The Morgan fingerprint density at radius 3 is 1.27 bits per heavy atom. The number of phenolic OH excluding ortho intramolecular Hbond substituents is 7. The molecular weight excluding hydrogens is 947 g/mol. The summed E-state index contributed by atoms with van der Waals surface area (Å²) in [5.74, 6) is 0.617. The molecule has 0 aliphatic rings. The molecule has 0 saturated heterocycles. The summed E-state index contributed by atoms with van der Waals surface area (Å²) in [4.78, 5) is 49.7. The first-order valence-electron chi connectivity index (χ1n) is 25.4. The maximum Gasteiger partial charge on any atom is 0.154 e. The fraction of sp³-hybridized carbons (Fsp3) is 0.323. The molecule has 0 aliphatic heterocycles. The molecule has 6 rings (SSSR count). The summed E-state index contributed by atoms with van der Waals surface area (Å²) >= 11 is 0. The van der Waals surface area contributed by atoms with Gasteiger partial charge in [-0.05, 0) is 131 Å². The molecule has 6 aromatic carbocycles. The monoisotopic (exact) mass is 1020 g/mol. The zero-order valence-electron chi connectivity index (χ0n) is 44.5. The van der Waals surface area contributed by atoms with E-state index >= 15 is 0 Å². The van der Waals surface area contributed by atoms with Crippen molar-refractivity contribution in [3.05, 3.63) is 171 Å². The smallest absolute Gasteiger partial charge is 0.154 e. The fourth-order valence-corrected chi connectivity index (χ4v) is 8.06. The lowest BCUT2D eigenvalue weighted by atomic mass is 9.94. The molecule has 0 saturated carbocycles. The van der Waals surface area contributed by atoms with Gasteiger partial charge in [-0.3, -0.25) is 29.4 Å². The third kappa shape index (κ3) is 18.1. The van der Waals surface area contributed by atoms with Crippen molar-refractivity contribution in [2.75, 3.05) is 19.6 Å². The van der Waals surface area contributed by atoms with Gasteiger partial charge >= 0.3 is 0 Å². The third-order valence-electron chi connectivity index (χ3n) is 12.8. The van der Waals surface area contributed by atoms with Crippen LogP contribution < -0.4 is 0 Å². The topological polar surface area (TPSA) is 230 Å². The molecule has 13 nitrogen and oxygen atoms in total. The molecule has 0 radical (unpaired) electrons. The summed E-state index contributed by atoms with van der Waals surface area (Å²) in [6.45, 7) is 15.0. The molecule has 0 aliphatic carbocycles. The van der Waals surface area contributed by atoms with Gasteiger partial charge < -0.3 is 35.7 Å². The molecule has 0 amide bonds. The van der Waals surface area contributed by atoms with E-state index in [4.69, 9.17) is 0 Å². The molecule has 7 N–H and O–H groups in total. The van der Waals surface area contributed by atoms with Gasteiger partial charge in [0.25, 0.3) is 0 Å². The fourth-order valence-electron chi connectivity index (χ4n) is 8.06. The van der Waals surface area contributed by atoms with Crippen molar-refractivity contribution < 1.29 is 50.1 Å². The number of nitrogens with zero attached hydrogens (tertiary/aromatic N) is 3. The Morgan fingerprint density at radius 2 is 0.853 bits per heavy atom. The van der Waals surface area contributed by atoms with Crippen LogP contribution in [-0.4, -0.2) is 89.9 Å². The number of hydrogen-bond acceptors (Lipinski definition) is 13. The molecule has 6 aromatic rings. The van der Waals surface area contributed by atoms with Gasteiger partial charge in [-0.1, -0.05) is 100.0 Å². The first-order valence-corrected chi connectivity index (χ1v) is 25.4. The minimum absolute atomic E-state index is 0.00666. The average molecular weight is 1020 g/mol. The van der Waals surface area contributed by atoms with E-state index in [1.807, 2.05) is 89.2 Å². The number of aryl methyl sites for hydroxylation is 3. The Balaban J connectivity index is 0.000000244. The normalized spacial score (nSPS) is 12.0. The van der Waals surface area contributed by atoms with Crippen LogP contribution in [0.2, 0.25) is 0 Å². The van der Waals surface area contributed by atoms with Gasteiger partial charge in [-0.2, -0.15) is 0 Å². The van der Waals surface area contributed by atoms with Gasteiger partial charge in [-0.15, -0.1) is 0 Å². The summed E-state index contributed by atoms with van der Waals surface area (Å²) < 4.78 is 0. The Bertz CT molecular complexity index is 3000. The summed E-state index contributed by atoms with van der Waals surface area (Å²) in [5, 5.41) is 68.9. The quantitative estimate of drug-likeness (QED) is 0.0337. The number of hydrogen-bond donors (Lipinski definition) is 7. The zero-order chi connectivity index (χ0) is 55.2. The van der Waals surface area contributed by atoms with Gasteiger partial charge in [0.05, 0.1) is 19.6 Å². The van der Waals surface area contributed by atoms with E-state index < -0.39 is 0 Å². The van der Waals surface area contributed by atoms with Crippen molar-refractivity contribution in [3.63, 3.8) is 0 Å². The predicted octanol–water partition coefficient (Wildman–Crippen LogP) is 12.0. The molecule has 13 heteroatoms. The van der Waals surface area contributed by atoms with Crippen molar-refractivity contribution in [2.45, 2.75) is 113 Å². The number of phenols is 7. The van der Waals surface area contributed by atoms with E-state index in [0.29, 0.717) is 102 Å². The second-order valence-electron chi connectivity index (χ2n) is 18.5. The zero-order valence-corrected chi connectivity index (χ0v) is 44.5. The lowest BCUT2D eigenvalue weighted by molar-refractivity contribution is -0.118. The SMILES string of the molecule is CCC(=NCC(=O)CC(C)c1cccc(C)c1)c1ccc(O)c(C)c1O.CCC(=NCC(=O)CCc1cccc(O)c1)c1ccc(O)c(C)c1O.CCC(=NCC(=O)CCc1ccccc1)c1ccc(O)c(C)c1O. The first-order chi connectivity index (χ1) is 35.8. The molecule has 1 atom stereocenters. The van der Waals surface area contributed by atoms with Crippen LogP contribution in [0.3, 0.4) is 0 Å². The largest absolute Gasteiger partial charge is 0.508 e. The minimum Gasteiger partial charge on any atom is -0.508 e. The maximum absolute atomic E-state index is 12.4. The van der Waals surface area contributed by atoms with Crippen molar-refractivity contribution in [2.24, 2.45) is 15.0 Å². The van der Waals surface area contributed by atoms with Gasteiger partial charge in [-0.25, -0.2) is 0 Å². The molecule has 396 valence electrons. The van der Waals surface area contributed by atoms with Crippen LogP contribution in [0.4, 0.5) is 0 Å². The van der Waals surface area contributed by atoms with Crippen LogP contribution in [0.25, 0.3) is 0 Å². The molecule has 1 unspecified atom stereocenters. The first kappa shape index (κ1) is 59.5. The van der Waals surface area contributed by atoms with Crippen molar-refractivity contribution in [3.8, 4) is 40.2 Å². The molecule has 0 fully saturated rings. The highest BCUT2D eigenvalue weighted by atomic mass is 16.3. The summed E-state index contributed by atoms with van der Waals surface area (Å²) in [6, 6.07) is 34.4. The number of carbonyl (C=O) groups excluding carboxylic acids is 3. The molecule has 0 bridgehead atoms. The summed E-state index contributed by atoms with van der Waals surface area (Å²) in [6.07, 6.45) is 4.24. The highest BCUT2D eigenvalue weighted by Crippen LogP contribution is 2.33. The van der Waals surface area contributed by atoms with E-state index in [9.17, 15) is 50.1 Å². The van der Waals surface area contributed by atoms with Crippen LogP contribution in [0, 0.1) is 27.7 Å². The number of aromatic hydroxyl groups is 7. The Kier molecular flexibility index (Phi) is 23.5. The Hall–Kier alpha value is -8.06. The highest BCUT2D eigenvalue weighted by Gasteiger charge is 2.17. The van der Waals surface area contributed by atoms with Crippen LogP contribution in [0.1, 0.15) is 128 Å². The van der Waals surface area contributed by atoms with Crippen LogP contribution in [0.15, 0.2) is 130 Å². The standard InChI is InChI=1S/C22H27NO3.C20H23NO4.C20H23NO3/c1-5-20(19-9-10-21(25)16(4)22(19)26)23-13-18(24)12-15(3)17-8-6-7-14(2)11-17;1-3-18(17-9-10-19(24)13(2)20(17)25)21-12-16(23)8-7-14-5-4-6-15(22)11-14;1-3-18(17-11-12-19(23)14(2)20(17)24)21-13-16(22)10-9-15-7-5-4-6-8-15/h6-11,15,25-26H,5,12-13H2,1-4H3;4-6,9-11,22,24-25H,3,7-8,12H2,1-2H3;4-8,11-12,23-24H,3,9-10,13H2,1-2H3. The Labute approximate surface area is 441 Å². The highest BCUT2D eigenvalue weighted by molar-refractivity contribution is 6.05. The van der Waals surface area contributed by atoms with Crippen molar-refractivity contribution in [1.29, 1.82) is 0 Å². The van der Waals surface area contributed by atoms with Gasteiger partial charge in [0.15, 0.2) is 17.3 Å². The number of rotatable bonds is 21. The maximum atomic E-state index is 12.4. The number of benzene rings is 6. The summed E-state index contributed by atoms with van der Waals surface area (Å²) in [5.41, 5.74) is 9.27. The van der Waals surface area contributed by atoms with Crippen LogP contribution in [0.5, 0.6) is 40.2 Å². The lowest BCUT2D eigenvalue weighted by Gasteiger charge is -2.12. The van der Waals surface area contributed by atoms with Gasteiger partial charge in [0.2, 0.25) is 0 Å². The van der Waals surface area contributed by atoms with E-state index in [1.54, 1.807) is 57.2 Å². The molecular formula is C62H73N3O10. The van der Waals surface area contributed by atoms with Crippen molar-refractivity contribution in [1.82, 2.24) is 0 Å². The van der Waals surface area contributed by atoms with E-state index in [1.165, 1.54) is 23.8 Å². The minimum atomic E-state index is -0.00992. The lowest BCUT2D eigenvalue weighted by Crippen LogP contribution is -2.10. The number of aliphatic imine (C=N–C) groups is 3. The molecule has 75 heavy (non-hydrogen) atoms. The number of carbonyl (C=O) groups is 3. The van der Waals surface area contributed by atoms with Crippen LogP contribution >= 0.6 is 0 Å². The van der Waals surface area contributed by atoms with Crippen LogP contribution in [-0.2, 0) is 27.2 Å². The second kappa shape index (κ2) is 29.6. The number of ketones is 3. The van der Waals surface area contributed by atoms with E-state index in [2.05, 4.69) is 21.0 Å². The second-order valence-corrected chi connectivity index (χ2v) is 18.5. The average Bonchev–Trinajstić information content (AvgIpc) is 3.40. The molecule has 0 heterocycles. The van der Waals surface area contributed by atoms with Gasteiger partial charge in [0.1, 0.15) is 40.2 Å². The number of Topliss-reactive ketones (excluding diaryl/α,β-unsaturated/α-hetero) is 3. The predicted molar refractivity (Wildman–Crippen MR) is 299 cm³/mol. The summed E-state index contributed by atoms with van der Waals surface area (Å²) in [7, 11) is 0. The van der Waals surface area contributed by atoms with Gasteiger partial charge in [0, 0.05) is 69.8 Å². The Morgan fingerprint density at radius 1 is 0.453 bits per heavy atom. The molecule has 0 spiro atoms. The van der Waals surface area contributed by atoms with Crippen molar-refractivity contribution >= 4 is 34.5 Å². The van der Waals surface area contributed by atoms with E-state index in [0.717, 1.165) is 16.7 Å². The van der Waals surface area contributed by atoms with E-state index in [-0.39, 0.29) is 83.1 Å². The molecule has 0 aromatic heterocycles. The third-order valence-corrected chi connectivity index (χ3v) is 12.8.